The summed E-state index contributed by atoms with van der Waals surface area (Å²) in [5.41, 5.74) is 0.751. The summed E-state index contributed by atoms with van der Waals surface area (Å²) in [4.78, 5) is 18.2. The number of hydrogen-bond acceptors (Lipinski definition) is 3. The molecule has 1 unspecified atom stereocenters. The molecule has 7 heteroatoms. The van der Waals surface area contributed by atoms with Crippen LogP contribution in [-0.2, 0) is 4.79 Å². The molecule has 108 valence electrons. The first kappa shape index (κ1) is 15.2. The number of thioether (sulfide) groups is 1. The molecule has 1 atom stereocenters. The first-order valence-corrected chi connectivity index (χ1v) is 8.67. The van der Waals surface area contributed by atoms with E-state index >= 15 is 0 Å². The van der Waals surface area contributed by atoms with E-state index in [0.29, 0.717) is 21.6 Å². The first-order chi connectivity index (χ1) is 10.1. The van der Waals surface area contributed by atoms with E-state index in [9.17, 15) is 4.79 Å². The van der Waals surface area contributed by atoms with Crippen LogP contribution in [0.5, 0.6) is 0 Å². The summed E-state index contributed by atoms with van der Waals surface area (Å²) >= 11 is 17.4. The number of nitrogens with zero attached hydrogens (tertiary/aromatic N) is 2. The van der Waals surface area contributed by atoms with Gasteiger partial charge in [-0.15, -0.1) is 11.8 Å². The summed E-state index contributed by atoms with van der Waals surface area (Å²) in [6.07, 6.45) is 1.66. The molecule has 0 N–H and O–H groups in total. The monoisotopic (exact) mass is 402 g/mol. The van der Waals surface area contributed by atoms with Gasteiger partial charge in [0.15, 0.2) is 0 Å². The van der Waals surface area contributed by atoms with Crippen LogP contribution in [0.1, 0.15) is 10.9 Å². The third kappa shape index (κ3) is 2.93. The minimum absolute atomic E-state index is 0.00388. The van der Waals surface area contributed by atoms with E-state index in [4.69, 9.17) is 23.2 Å². The van der Waals surface area contributed by atoms with Crippen molar-refractivity contribution in [3.05, 3.63) is 56.6 Å². The van der Waals surface area contributed by atoms with Crippen LogP contribution in [0.3, 0.4) is 0 Å². The van der Waals surface area contributed by atoms with Gasteiger partial charge in [-0.25, -0.2) is 4.98 Å². The van der Waals surface area contributed by atoms with Crippen LogP contribution in [0.15, 0.2) is 41.0 Å². The molecular formula is C14H9BrCl2N2OS. The zero-order chi connectivity index (χ0) is 15.0. The van der Waals surface area contributed by atoms with Gasteiger partial charge in [-0.1, -0.05) is 29.3 Å². The van der Waals surface area contributed by atoms with Crippen LogP contribution in [-0.4, -0.2) is 16.6 Å². The Balaban J connectivity index is 2.05. The second-order valence-electron chi connectivity index (χ2n) is 4.40. The molecule has 0 bridgehead atoms. The van der Waals surface area contributed by atoms with E-state index < -0.39 is 0 Å². The first-order valence-electron chi connectivity index (χ1n) is 6.07. The lowest BCUT2D eigenvalue weighted by molar-refractivity contribution is -0.115. The van der Waals surface area contributed by atoms with Crippen molar-refractivity contribution in [1.82, 2.24) is 4.98 Å². The van der Waals surface area contributed by atoms with Crippen LogP contribution in [0.2, 0.25) is 10.0 Å². The van der Waals surface area contributed by atoms with E-state index in [1.54, 1.807) is 35.4 Å². The second-order valence-corrected chi connectivity index (χ2v) is 7.20. The standard InChI is InChI=1S/C14H9BrCl2N2OS/c15-8-4-5-11(18-6-8)19-12(20)7-21-14(19)13-9(16)2-1-3-10(13)17/h1-6,14H,7H2. The Morgan fingerprint density at radius 2 is 1.95 bits per heavy atom. The van der Waals surface area contributed by atoms with Crippen LogP contribution >= 0.6 is 50.9 Å². The highest BCUT2D eigenvalue weighted by Crippen LogP contribution is 2.46. The number of carbonyl (C=O) groups excluding carboxylic acids is 1. The fourth-order valence-corrected chi connectivity index (χ4v) is 4.35. The summed E-state index contributed by atoms with van der Waals surface area (Å²) in [6, 6.07) is 8.99. The lowest BCUT2D eigenvalue weighted by atomic mass is 10.2. The highest BCUT2D eigenvalue weighted by Gasteiger charge is 2.37. The fourth-order valence-electron chi connectivity index (χ4n) is 2.14. The number of carbonyl (C=O) groups is 1. The summed E-state index contributed by atoms with van der Waals surface area (Å²) < 4.78 is 0.859. The van der Waals surface area contributed by atoms with Crippen molar-refractivity contribution in [2.75, 3.05) is 10.7 Å². The summed E-state index contributed by atoms with van der Waals surface area (Å²) in [7, 11) is 0. The molecule has 1 amide bonds. The molecule has 21 heavy (non-hydrogen) atoms. The molecule has 1 fully saturated rings. The molecule has 0 saturated carbocycles. The number of halogens is 3. The molecule has 0 aliphatic carbocycles. The van der Waals surface area contributed by atoms with Crippen molar-refractivity contribution in [3.63, 3.8) is 0 Å². The molecule has 1 aliphatic rings. The SMILES string of the molecule is O=C1CSC(c2c(Cl)cccc2Cl)N1c1ccc(Br)cn1. The normalized spacial score (nSPS) is 18.3. The third-order valence-electron chi connectivity index (χ3n) is 3.07. The van der Waals surface area contributed by atoms with Gasteiger partial charge in [-0.05, 0) is 40.2 Å². The minimum atomic E-state index is -0.257. The van der Waals surface area contributed by atoms with Crippen molar-refractivity contribution in [1.29, 1.82) is 0 Å². The summed E-state index contributed by atoms with van der Waals surface area (Å²) in [5.74, 6) is 0.967. The maximum absolute atomic E-state index is 12.2. The highest BCUT2D eigenvalue weighted by atomic mass is 79.9. The van der Waals surface area contributed by atoms with E-state index in [2.05, 4.69) is 20.9 Å². The van der Waals surface area contributed by atoms with Crippen LogP contribution in [0.25, 0.3) is 0 Å². The Labute approximate surface area is 144 Å². The predicted molar refractivity (Wildman–Crippen MR) is 91.1 cm³/mol. The third-order valence-corrected chi connectivity index (χ3v) is 5.38. The Morgan fingerprint density at radius 3 is 2.57 bits per heavy atom. The highest BCUT2D eigenvalue weighted by molar-refractivity contribution is 9.10. The number of pyridine rings is 1. The summed E-state index contributed by atoms with van der Waals surface area (Å²) in [5, 5.41) is 0.848. The van der Waals surface area contributed by atoms with Crippen molar-refractivity contribution >= 4 is 62.6 Å². The number of hydrogen-bond donors (Lipinski definition) is 0. The number of anilines is 1. The van der Waals surface area contributed by atoms with Gasteiger partial charge < -0.3 is 0 Å². The van der Waals surface area contributed by atoms with E-state index in [0.717, 1.165) is 10.0 Å². The van der Waals surface area contributed by atoms with Crippen molar-refractivity contribution in [3.8, 4) is 0 Å². The molecule has 3 nitrogen and oxygen atoms in total. The molecule has 0 spiro atoms. The number of benzene rings is 1. The van der Waals surface area contributed by atoms with Gasteiger partial charge in [-0.3, -0.25) is 9.69 Å². The van der Waals surface area contributed by atoms with Gasteiger partial charge >= 0.3 is 0 Å². The molecular weight excluding hydrogens is 395 g/mol. The van der Waals surface area contributed by atoms with Crippen LogP contribution < -0.4 is 4.90 Å². The zero-order valence-corrected chi connectivity index (χ0v) is 14.5. The Bertz CT molecular complexity index is 676. The fraction of sp³-hybridized carbons (Fsp3) is 0.143. The van der Waals surface area contributed by atoms with E-state index in [-0.39, 0.29) is 11.3 Å². The smallest absolute Gasteiger partial charge is 0.239 e. The molecule has 1 aromatic heterocycles. The molecule has 3 rings (SSSR count). The minimum Gasteiger partial charge on any atom is -0.279 e. The van der Waals surface area contributed by atoms with Gasteiger partial charge in [0.05, 0.1) is 5.75 Å². The predicted octanol–water partition coefficient (Wildman–Crippen LogP) is 4.93. The molecule has 2 aromatic rings. The number of aromatic nitrogens is 1. The Morgan fingerprint density at radius 1 is 1.24 bits per heavy atom. The maximum Gasteiger partial charge on any atom is 0.239 e. The van der Waals surface area contributed by atoms with Crippen molar-refractivity contribution in [2.45, 2.75) is 5.37 Å². The van der Waals surface area contributed by atoms with Crippen LogP contribution in [0.4, 0.5) is 5.82 Å². The molecule has 1 saturated heterocycles. The van der Waals surface area contributed by atoms with E-state index in [1.807, 2.05) is 6.07 Å². The average molecular weight is 404 g/mol. The molecule has 2 heterocycles. The second kappa shape index (κ2) is 6.16. The lowest BCUT2D eigenvalue weighted by Crippen LogP contribution is -2.28. The van der Waals surface area contributed by atoms with Crippen molar-refractivity contribution < 1.29 is 4.79 Å². The Kier molecular flexibility index (Phi) is 4.45. The van der Waals surface area contributed by atoms with E-state index in [1.165, 1.54) is 11.8 Å². The summed E-state index contributed by atoms with van der Waals surface area (Å²) in [6.45, 7) is 0. The quantitative estimate of drug-likeness (QED) is 0.712. The van der Waals surface area contributed by atoms with Gasteiger partial charge in [0.25, 0.3) is 0 Å². The van der Waals surface area contributed by atoms with Gasteiger partial charge in [-0.2, -0.15) is 0 Å². The van der Waals surface area contributed by atoms with Gasteiger partial charge in [0, 0.05) is 26.3 Å². The van der Waals surface area contributed by atoms with Gasteiger partial charge in [0.1, 0.15) is 11.2 Å². The number of amides is 1. The van der Waals surface area contributed by atoms with Crippen LogP contribution in [0, 0.1) is 0 Å². The number of rotatable bonds is 2. The average Bonchev–Trinajstić information content (AvgIpc) is 2.82. The molecule has 1 aromatic carbocycles. The molecule has 0 radical (unpaired) electrons. The molecule has 1 aliphatic heterocycles. The lowest BCUT2D eigenvalue weighted by Gasteiger charge is -2.24. The topological polar surface area (TPSA) is 33.2 Å². The largest absolute Gasteiger partial charge is 0.279 e. The maximum atomic E-state index is 12.2. The zero-order valence-electron chi connectivity index (χ0n) is 10.6. The van der Waals surface area contributed by atoms with Crippen molar-refractivity contribution in [2.24, 2.45) is 0 Å². The Hall–Kier alpha value is -0.750. The van der Waals surface area contributed by atoms with Gasteiger partial charge in [0.2, 0.25) is 5.91 Å².